The minimum absolute atomic E-state index is 0.293. The van der Waals surface area contributed by atoms with Crippen molar-refractivity contribution in [3.8, 4) is 0 Å². The van der Waals surface area contributed by atoms with E-state index in [9.17, 15) is 4.79 Å². The molecule has 0 N–H and O–H groups in total. The van der Waals surface area contributed by atoms with Gasteiger partial charge < -0.3 is 9.80 Å². The molecular formula is C14H29N3O. The van der Waals surface area contributed by atoms with Crippen LogP contribution in [0.5, 0.6) is 0 Å². The number of rotatable bonds is 5. The molecule has 0 aromatic carbocycles. The third-order valence-corrected chi connectivity index (χ3v) is 3.78. The Bertz CT molecular complexity index is 256. The topological polar surface area (TPSA) is 26.8 Å². The van der Waals surface area contributed by atoms with Gasteiger partial charge in [-0.3, -0.25) is 9.69 Å². The van der Waals surface area contributed by atoms with Crippen LogP contribution < -0.4 is 0 Å². The molecule has 0 saturated carbocycles. The average Bonchev–Trinajstić information content (AvgIpc) is 2.31. The first-order chi connectivity index (χ1) is 8.45. The summed E-state index contributed by atoms with van der Waals surface area (Å²) >= 11 is 0. The first-order valence-electron chi connectivity index (χ1n) is 7.14. The number of hydrogen-bond acceptors (Lipinski definition) is 3. The van der Waals surface area contributed by atoms with E-state index in [0.29, 0.717) is 24.4 Å². The third kappa shape index (κ3) is 4.25. The van der Waals surface area contributed by atoms with E-state index in [1.54, 1.807) is 0 Å². The zero-order valence-corrected chi connectivity index (χ0v) is 12.6. The van der Waals surface area contributed by atoms with Crippen molar-refractivity contribution >= 4 is 5.91 Å². The van der Waals surface area contributed by atoms with E-state index in [1.165, 1.54) is 6.42 Å². The summed E-state index contributed by atoms with van der Waals surface area (Å²) in [7, 11) is 4.23. The van der Waals surface area contributed by atoms with E-state index in [1.807, 2.05) is 11.8 Å². The van der Waals surface area contributed by atoms with E-state index in [-0.39, 0.29) is 0 Å². The number of carbonyl (C=O) groups is 1. The van der Waals surface area contributed by atoms with Gasteiger partial charge in [-0.1, -0.05) is 6.92 Å². The first-order valence-corrected chi connectivity index (χ1v) is 7.14. The SMILES string of the molecule is CCC(=O)N1CC(C)N(CCCN(C)C)C(C)C1. The standard InChI is InChI=1S/C14H29N3O/c1-6-14(18)16-10-12(2)17(13(3)11-16)9-7-8-15(4)5/h12-13H,6-11H2,1-5H3. The maximum absolute atomic E-state index is 11.8. The summed E-state index contributed by atoms with van der Waals surface area (Å²) in [5.74, 6) is 0.293. The maximum atomic E-state index is 11.8. The largest absolute Gasteiger partial charge is 0.340 e. The van der Waals surface area contributed by atoms with Gasteiger partial charge >= 0.3 is 0 Å². The molecule has 2 atom stereocenters. The van der Waals surface area contributed by atoms with E-state index < -0.39 is 0 Å². The van der Waals surface area contributed by atoms with Crippen LogP contribution in [0.4, 0.5) is 0 Å². The van der Waals surface area contributed by atoms with Crippen molar-refractivity contribution in [2.45, 2.75) is 45.7 Å². The molecule has 0 spiro atoms. The van der Waals surface area contributed by atoms with E-state index in [4.69, 9.17) is 0 Å². The molecule has 0 aromatic rings. The Morgan fingerprint density at radius 3 is 2.22 bits per heavy atom. The molecule has 4 nitrogen and oxygen atoms in total. The van der Waals surface area contributed by atoms with E-state index in [2.05, 4.69) is 37.7 Å². The van der Waals surface area contributed by atoms with Gasteiger partial charge in [0.05, 0.1) is 0 Å². The van der Waals surface area contributed by atoms with Gasteiger partial charge in [0.2, 0.25) is 5.91 Å². The van der Waals surface area contributed by atoms with Crippen molar-refractivity contribution < 1.29 is 4.79 Å². The lowest BCUT2D eigenvalue weighted by Gasteiger charge is -2.44. The molecule has 4 heteroatoms. The van der Waals surface area contributed by atoms with Gasteiger partial charge in [0.1, 0.15) is 0 Å². The van der Waals surface area contributed by atoms with Crippen molar-refractivity contribution in [3.63, 3.8) is 0 Å². The average molecular weight is 255 g/mol. The van der Waals surface area contributed by atoms with E-state index in [0.717, 1.165) is 26.2 Å². The lowest BCUT2D eigenvalue weighted by atomic mass is 10.1. The third-order valence-electron chi connectivity index (χ3n) is 3.78. The van der Waals surface area contributed by atoms with Crippen LogP contribution in [0, 0.1) is 0 Å². The Balaban J connectivity index is 2.45. The highest BCUT2D eigenvalue weighted by atomic mass is 16.2. The van der Waals surface area contributed by atoms with Crippen molar-refractivity contribution in [3.05, 3.63) is 0 Å². The molecule has 0 radical (unpaired) electrons. The summed E-state index contributed by atoms with van der Waals surface area (Å²) < 4.78 is 0. The fourth-order valence-corrected chi connectivity index (χ4v) is 2.79. The van der Waals surface area contributed by atoms with Crippen molar-refractivity contribution in [1.82, 2.24) is 14.7 Å². The summed E-state index contributed by atoms with van der Waals surface area (Å²) in [5.41, 5.74) is 0. The smallest absolute Gasteiger partial charge is 0.222 e. The monoisotopic (exact) mass is 255 g/mol. The minimum atomic E-state index is 0.293. The molecule has 1 saturated heterocycles. The van der Waals surface area contributed by atoms with Crippen LogP contribution in [0.1, 0.15) is 33.6 Å². The number of carbonyl (C=O) groups excluding carboxylic acids is 1. The lowest BCUT2D eigenvalue weighted by Crippen LogP contribution is -2.58. The van der Waals surface area contributed by atoms with Gasteiger partial charge in [0, 0.05) is 38.1 Å². The Morgan fingerprint density at radius 1 is 1.22 bits per heavy atom. The van der Waals surface area contributed by atoms with Crippen molar-refractivity contribution in [2.75, 3.05) is 40.3 Å². The second-order valence-electron chi connectivity index (χ2n) is 5.74. The maximum Gasteiger partial charge on any atom is 0.222 e. The Hall–Kier alpha value is -0.610. The molecular weight excluding hydrogens is 226 g/mol. The predicted octanol–water partition coefficient (Wildman–Crippen LogP) is 1.27. The number of amides is 1. The molecule has 0 bridgehead atoms. The molecule has 0 aromatic heterocycles. The number of hydrogen-bond donors (Lipinski definition) is 0. The Morgan fingerprint density at radius 2 is 1.78 bits per heavy atom. The van der Waals surface area contributed by atoms with Crippen molar-refractivity contribution in [1.29, 1.82) is 0 Å². The molecule has 1 rings (SSSR count). The summed E-state index contributed by atoms with van der Waals surface area (Å²) in [5, 5.41) is 0. The normalized spacial score (nSPS) is 25.8. The molecule has 2 unspecified atom stereocenters. The molecule has 1 amide bonds. The zero-order chi connectivity index (χ0) is 13.7. The molecule has 1 heterocycles. The molecule has 18 heavy (non-hydrogen) atoms. The van der Waals surface area contributed by atoms with Gasteiger partial charge in [0.15, 0.2) is 0 Å². The molecule has 1 aliphatic rings. The van der Waals surface area contributed by atoms with E-state index >= 15 is 0 Å². The van der Waals surface area contributed by atoms with Gasteiger partial charge in [-0.2, -0.15) is 0 Å². The Kier molecular flexibility index (Phi) is 6.09. The molecule has 106 valence electrons. The fourth-order valence-electron chi connectivity index (χ4n) is 2.79. The summed E-state index contributed by atoms with van der Waals surface area (Å²) in [4.78, 5) is 18.6. The summed E-state index contributed by atoms with van der Waals surface area (Å²) in [6, 6.07) is 0.956. The number of piperazine rings is 1. The minimum Gasteiger partial charge on any atom is -0.340 e. The molecule has 1 fully saturated rings. The summed E-state index contributed by atoms with van der Waals surface area (Å²) in [6.45, 7) is 10.5. The lowest BCUT2D eigenvalue weighted by molar-refractivity contribution is -0.135. The van der Waals surface area contributed by atoms with Crippen LogP contribution in [0.15, 0.2) is 0 Å². The van der Waals surface area contributed by atoms with Gasteiger partial charge in [-0.05, 0) is 40.9 Å². The van der Waals surface area contributed by atoms with Gasteiger partial charge in [0.25, 0.3) is 0 Å². The quantitative estimate of drug-likeness (QED) is 0.740. The predicted molar refractivity (Wildman–Crippen MR) is 75.7 cm³/mol. The van der Waals surface area contributed by atoms with Crippen LogP contribution in [-0.4, -0.2) is 73.0 Å². The zero-order valence-electron chi connectivity index (χ0n) is 12.6. The van der Waals surface area contributed by atoms with Crippen LogP contribution in [0.25, 0.3) is 0 Å². The van der Waals surface area contributed by atoms with Gasteiger partial charge in [-0.25, -0.2) is 0 Å². The highest BCUT2D eigenvalue weighted by molar-refractivity contribution is 5.76. The fraction of sp³-hybridized carbons (Fsp3) is 0.929. The van der Waals surface area contributed by atoms with Crippen LogP contribution in [-0.2, 0) is 4.79 Å². The van der Waals surface area contributed by atoms with Crippen LogP contribution in [0.3, 0.4) is 0 Å². The van der Waals surface area contributed by atoms with Crippen LogP contribution in [0.2, 0.25) is 0 Å². The molecule has 1 aliphatic heterocycles. The highest BCUT2D eigenvalue weighted by Crippen LogP contribution is 2.16. The van der Waals surface area contributed by atoms with Crippen molar-refractivity contribution in [2.24, 2.45) is 0 Å². The second kappa shape index (κ2) is 7.10. The first kappa shape index (κ1) is 15.4. The number of nitrogens with zero attached hydrogens (tertiary/aromatic N) is 3. The Labute approximate surface area is 112 Å². The highest BCUT2D eigenvalue weighted by Gasteiger charge is 2.30. The second-order valence-corrected chi connectivity index (χ2v) is 5.74. The molecule has 0 aliphatic carbocycles. The van der Waals surface area contributed by atoms with Gasteiger partial charge in [-0.15, -0.1) is 0 Å². The summed E-state index contributed by atoms with van der Waals surface area (Å²) in [6.07, 6.45) is 1.82. The van der Waals surface area contributed by atoms with Crippen LogP contribution >= 0.6 is 0 Å².